The van der Waals surface area contributed by atoms with Crippen LogP contribution in [0.1, 0.15) is 13.3 Å². The number of carbonyl (C=O) groups excluding carboxylic acids is 2. The van der Waals surface area contributed by atoms with Crippen molar-refractivity contribution in [3.05, 3.63) is 30.1 Å². The van der Waals surface area contributed by atoms with Gasteiger partial charge in [0, 0.05) is 6.04 Å². The summed E-state index contributed by atoms with van der Waals surface area (Å²) in [7, 11) is -3.13. The van der Waals surface area contributed by atoms with Crippen LogP contribution in [0.25, 0.3) is 0 Å². The van der Waals surface area contributed by atoms with Gasteiger partial charge in [-0.3, -0.25) is 9.59 Å². The van der Waals surface area contributed by atoms with Gasteiger partial charge in [-0.15, -0.1) is 0 Å². The molecule has 128 valence electrons. The van der Waals surface area contributed by atoms with Gasteiger partial charge in [0.05, 0.1) is 22.9 Å². The van der Waals surface area contributed by atoms with Gasteiger partial charge in [-0.1, -0.05) is 0 Å². The summed E-state index contributed by atoms with van der Waals surface area (Å²) in [6.07, 6.45) is 0.340. The van der Waals surface area contributed by atoms with Crippen LogP contribution >= 0.6 is 0 Å². The lowest BCUT2D eigenvalue weighted by Crippen LogP contribution is -2.44. The molecule has 1 fully saturated rings. The molecule has 9 heteroatoms. The minimum absolute atomic E-state index is 0.0331. The van der Waals surface area contributed by atoms with Crippen molar-refractivity contribution in [3.8, 4) is 0 Å². The van der Waals surface area contributed by atoms with Crippen LogP contribution in [0, 0.1) is 11.7 Å². The fourth-order valence-corrected chi connectivity index (χ4v) is 4.50. The Labute approximate surface area is 138 Å². The maximum Gasteiger partial charge on any atom is 0.265 e. The molecule has 0 saturated carbocycles. The highest BCUT2D eigenvalue weighted by Crippen LogP contribution is 2.24. The van der Waals surface area contributed by atoms with E-state index in [4.69, 9.17) is 0 Å². The topological polar surface area (TPSA) is 95.9 Å². The van der Waals surface area contributed by atoms with Gasteiger partial charge in [0.1, 0.15) is 5.82 Å². The van der Waals surface area contributed by atoms with Crippen LogP contribution < -0.4 is 10.3 Å². The summed E-state index contributed by atoms with van der Waals surface area (Å²) < 4.78 is 35.9. The first-order chi connectivity index (χ1) is 11.3. The second-order valence-corrected chi connectivity index (χ2v) is 8.14. The molecule has 2 aliphatic rings. The molecule has 1 aromatic rings. The Bertz CT molecular complexity index is 820. The van der Waals surface area contributed by atoms with Gasteiger partial charge in [0.25, 0.3) is 5.91 Å². The van der Waals surface area contributed by atoms with Gasteiger partial charge in [0.2, 0.25) is 5.91 Å². The normalized spacial score (nSPS) is 25.7. The van der Waals surface area contributed by atoms with E-state index in [0.29, 0.717) is 17.8 Å². The van der Waals surface area contributed by atoms with Gasteiger partial charge < -0.3 is 5.32 Å². The smallest absolute Gasteiger partial charge is 0.265 e. The van der Waals surface area contributed by atoms with E-state index in [0.717, 1.165) is 5.01 Å². The summed E-state index contributed by atoms with van der Waals surface area (Å²) in [5, 5.41) is 7.75. The van der Waals surface area contributed by atoms with Crippen LogP contribution in [0.3, 0.4) is 0 Å². The Kier molecular flexibility index (Phi) is 4.12. The maximum absolute atomic E-state index is 13.0. The van der Waals surface area contributed by atoms with Crippen LogP contribution in [-0.2, 0) is 19.4 Å². The molecule has 0 bridgehead atoms. The number of sulfone groups is 1. The van der Waals surface area contributed by atoms with E-state index in [1.807, 2.05) is 0 Å². The predicted octanol–water partition coefficient (Wildman–Crippen LogP) is 0.468. The van der Waals surface area contributed by atoms with Crippen molar-refractivity contribution in [1.82, 2.24) is 5.32 Å². The largest absolute Gasteiger partial charge is 0.351 e. The van der Waals surface area contributed by atoms with Crippen molar-refractivity contribution in [1.29, 1.82) is 0 Å². The summed E-state index contributed by atoms with van der Waals surface area (Å²) in [5.41, 5.74) is 0.669. The van der Waals surface area contributed by atoms with Crippen molar-refractivity contribution >= 4 is 33.1 Å². The third kappa shape index (κ3) is 3.16. The first kappa shape index (κ1) is 16.6. The molecule has 2 amide bonds. The quantitative estimate of drug-likeness (QED) is 0.799. The van der Waals surface area contributed by atoms with Crippen LogP contribution in [0.2, 0.25) is 0 Å². The third-order valence-electron chi connectivity index (χ3n) is 4.04. The number of rotatable bonds is 3. The first-order valence-corrected chi connectivity index (χ1v) is 9.24. The molecule has 0 radical (unpaired) electrons. The number of nitrogens with zero attached hydrogens (tertiary/aromatic N) is 2. The number of halogens is 1. The zero-order valence-electron chi connectivity index (χ0n) is 12.9. The van der Waals surface area contributed by atoms with Gasteiger partial charge in [-0.25, -0.2) is 12.8 Å². The highest BCUT2D eigenvalue weighted by atomic mass is 32.2. The molecule has 2 atom stereocenters. The predicted molar refractivity (Wildman–Crippen MR) is 85.7 cm³/mol. The molecule has 7 nitrogen and oxygen atoms in total. The molecule has 24 heavy (non-hydrogen) atoms. The minimum atomic E-state index is -3.13. The van der Waals surface area contributed by atoms with Crippen LogP contribution in [0.4, 0.5) is 10.1 Å². The minimum Gasteiger partial charge on any atom is -0.351 e. The van der Waals surface area contributed by atoms with Crippen molar-refractivity contribution in [3.63, 3.8) is 0 Å². The molecule has 2 heterocycles. The number of hydrogen-bond donors (Lipinski definition) is 1. The van der Waals surface area contributed by atoms with Crippen molar-refractivity contribution in [2.45, 2.75) is 19.4 Å². The molecule has 3 rings (SSSR count). The van der Waals surface area contributed by atoms with Gasteiger partial charge >= 0.3 is 0 Å². The molecule has 1 N–H and O–H groups in total. The monoisotopic (exact) mass is 353 g/mol. The Hall–Kier alpha value is -2.29. The average molecular weight is 353 g/mol. The van der Waals surface area contributed by atoms with E-state index in [-0.39, 0.29) is 11.5 Å². The van der Waals surface area contributed by atoms with Crippen LogP contribution in [0.15, 0.2) is 29.4 Å². The van der Waals surface area contributed by atoms with E-state index in [1.54, 1.807) is 6.92 Å². The number of anilines is 1. The van der Waals surface area contributed by atoms with Gasteiger partial charge in [-0.2, -0.15) is 10.1 Å². The summed E-state index contributed by atoms with van der Waals surface area (Å²) in [4.78, 5) is 24.9. The lowest BCUT2D eigenvalue weighted by Gasteiger charge is -2.16. The van der Waals surface area contributed by atoms with Crippen molar-refractivity contribution < 1.29 is 22.4 Å². The second-order valence-electron chi connectivity index (χ2n) is 5.91. The van der Waals surface area contributed by atoms with Crippen LogP contribution in [0.5, 0.6) is 0 Å². The summed E-state index contributed by atoms with van der Waals surface area (Å²) in [6, 6.07) is 4.71. The summed E-state index contributed by atoms with van der Waals surface area (Å²) in [6.45, 7) is 1.55. The second kappa shape index (κ2) is 5.97. The van der Waals surface area contributed by atoms with Crippen molar-refractivity contribution in [2.24, 2.45) is 11.0 Å². The van der Waals surface area contributed by atoms with Crippen molar-refractivity contribution in [2.75, 3.05) is 16.5 Å². The SMILES string of the molecule is CC1=NN(c2ccc(F)cc2)C(=O)[C@H]1C(=O)N[C@@H]1CCS(=O)(=O)C1. The van der Waals surface area contributed by atoms with E-state index < -0.39 is 39.4 Å². The lowest BCUT2D eigenvalue weighted by atomic mass is 10.0. The number of hydrogen-bond acceptors (Lipinski definition) is 5. The number of carbonyl (C=O) groups is 2. The zero-order chi connectivity index (χ0) is 17.5. The standard InChI is InChI=1S/C15H16FN3O4S/c1-9-13(14(20)17-11-6-7-24(22,23)8-11)15(21)19(18-9)12-4-2-10(16)3-5-12/h2-5,11,13H,6-8H2,1H3,(H,17,20)/t11-,13-/m1/s1. The molecular formula is C15H16FN3O4S. The lowest BCUT2D eigenvalue weighted by molar-refractivity contribution is -0.130. The fourth-order valence-electron chi connectivity index (χ4n) is 2.83. The molecular weight excluding hydrogens is 337 g/mol. The van der Waals surface area contributed by atoms with Gasteiger partial charge in [0.15, 0.2) is 15.8 Å². The third-order valence-corrected chi connectivity index (χ3v) is 5.81. The van der Waals surface area contributed by atoms with Gasteiger partial charge in [-0.05, 0) is 37.6 Å². The van der Waals surface area contributed by atoms with E-state index in [1.165, 1.54) is 24.3 Å². The molecule has 1 aromatic carbocycles. The summed E-state index contributed by atoms with van der Waals surface area (Å²) in [5.74, 6) is -2.73. The Balaban J connectivity index is 1.73. The highest BCUT2D eigenvalue weighted by molar-refractivity contribution is 7.91. The Morgan fingerprint density at radius 3 is 2.58 bits per heavy atom. The Morgan fingerprint density at radius 1 is 1.33 bits per heavy atom. The first-order valence-electron chi connectivity index (χ1n) is 7.42. The summed E-state index contributed by atoms with van der Waals surface area (Å²) >= 11 is 0. The van der Waals surface area contributed by atoms with E-state index >= 15 is 0 Å². The molecule has 2 aliphatic heterocycles. The number of hydrazone groups is 1. The fraction of sp³-hybridized carbons (Fsp3) is 0.400. The molecule has 0 unspecified atom stereocenters. The maximum atomic E-state index is 13.0. The molecule has 0 aliphatic carbocycles. The van der Waals surface area contributed by atoms with Crippen LogP contribution in [-0.4, -0.2) is 43.5 Å². The molecule has 0 aromatic heterocycles. The van der Waals surface area contributed by atoms with E-state index in [2.05, 4.69) is 10.4 Å². The number of amides is 2. The highest BCUT2D eigenvalue weighted by Gasteiger charge is 2.41. The Morgan fingerprint density at radius 2 is 2.00 bits per heavy atom. The average Bonchev–Trinajstić information content (AvgIpc) is 2.99. The number of benzene rings is 1. The zero-order valence-corrected chi connectivity index (χ0v) is 13.7. The van der Waals surface area contributed by atoms with E-state index in [9.17, 15) is 22.4 Å². The molecule has 0 spiro atoms. The molecule has 1 saturated heterocycles. The number of nitrogens with one attached hydrogen (secondary N) is 1.